The summed E-state index contributed by atoms with van der Waals surface area (Å²) in [6.45, 7) is 4.68. The zero-order valence-electron chi connectivity index (χ0n) is 23.1. The number of fused-ring (bicyclic) bond motifs is 1. The van der Waals surface area contributed by atoms with Crippen LogP contribution in [-0.2, 0) is 11.2 Å². The molecule has 2 unspecified atom stereocenters. The van der Waals surface area contributed by atoms with E-state index in [1.54, 1.807) is 37.3 Å². The van der Waals surface area contributed by atoms with E-state index in [0.717, 1.165) is 5.30 Å². The van der Waals surface area contributed by atoms with Gasteiger partial charge in [-0.3, -0.25) is 4.79 Å². The second-order valence-electron chi connectivity index (χ2n) is 10.4. The fourth-order valence-corrected chi connectivity index (χ4v) is 4.79. The van der Waals surface area contributed by atoms with E-state index >= 15 is 0 Å². The molecular formula is C29H30F3N4O4P. The largest absolute Gasteiger partial charge is 0.494 e. The first kappa shape index (κ1) is 30.3. The molecule has 2 aromatic heterocycles. The van der Waals surface area contributed by atoms with Gasteiger partial charge in [0.2, 0.25) is 5.60 Å². The first-order valence-electron chi connectivity index (χ1n) is 12.6. The number of nitrogens with zero attached hydrogens (tertiary/aromatic N) is 3. The van der Waals surface area contributed by atoms with Crippen LogP contribution >= 0.6 is 9.24 Å². The number of amides is 1. The van der Waals surface area contributed by atoms with Gasteiger partial charge in [0.25, 0.3) is 5.91 Å². The summed E-state index contributed by atoms with van der Waals surface area (Å²) in [5.41, 5.74) is -4.22. The molecule has 0 aliphatic rings. The van der Waals surface area contributed by atoms with Crippen molar-refractivity contribution in [2.24, 2.45) is 0 Å². The number of pyridine rings is 1. The van der Waals surface area contributed by atoms with Gasteiger partial charge in [-0.05, 0) is 68.4 Å². The molecule has 41 heavy (non-hydrogen) atoms. The number of methoxy groups -OCH3 is 1. The van der Waals surface area contributed by atoms with Crippen molar-refractivity contribution in [3.63, 3.8) is 0 Å². The molecule has 0 fully saturated rings. The Morgan fingerprint density at radius 3 is 2.27 bits per heavy atom. The molecule has 0 saturated carbocycles. The highest BCUT2D eigenvalue weighted by molar-refractivity contribution is 7.27. The fourth-order valence-electron chi connectivity index (χ4n) is 4.59. The van der Waals surface area contributed by atoms with Crippen LogP contribution in [0.2, 0.25) is 0 Å². The second-order valence-corrected chi connectivity index (χ2v) is 11.0. The predicted octanol–water partition coefficient (Wildman–Crippen LogP) is 4.22. The Hall–Kier alpha value is -3.66. The lowest BCUT2D eigenvalue weighted by Gasteiger charge is -2.33. The van der Waals surface area contributed by atoms with Gasteiger partial charge in [-0.2, -0.15) is 18.3 Å². The van der Waals surface area contributed by atoms with Gasteiger partial charge in [0.05, 0.1) is 36.3 Å². The Bertz CT molecular complexity index is 1620. The lowest BCUT2D eigenvalue weighted by molar-refractivity contribution is -0.265. The average molecular weight is 587 g/mol. The van der Waals surface area contributed by atoms with Gasteiger partial charge < -0.3 is 20.3 Å². The van der Waals surface area contributed by atoms with Crippen LogP contribution in [-0.4, -0.2) is 51.1 Å². The molecule has 12 heteroatoms. The number of halogens is 3. The van der Waals surface area contributed by atoms with Crippen LogP contribution in [0.5, 0.6) is 5.75 Å². The molecule has 2 atom stereocenters. The van der Waals surface area contributed by atoms with Crippen LogP contribution in [0, 0.1) is 13.8 Å². The van der Waals surface area contributed by atoms with E-state index in [9.17, 15) is 28.2 Å². The van der Waals surface area contributed by atoms with Gasteiger partial charge >= 0.3 is 6.18 Å². The number of aromatic nitrogens is 3. The quantitative estimate of drug-likeness (QED) is 0.278. The van der Waals surface area contributed by atoms with Crippen molar-refractivity contribution in [3.8, 4) is 17.0 Å². The minimum absolute atomic E-state index is 0.000544. The smallest absolute Gasteiger partial charge is 0.424 e. The standard InChI is InChI=1S/C29H30F3N4O4P/c1-15-10-18-11-19(12-23(40-5)24(18)36-35-15)26(37)33-14-28(39,29(30,31)32)25-16(2)21(27(3,4)38)13-22(34-25)17-6-8-20(41)9-7-17/h6-13,38-39H,14,41H2,1-5H3,(H,33,37). The van der Waals surface area contributed by atoms with Crippen molar-refractivity contribution in [2.45, 2.75) is 45.1 Å². The van der Waals surface area contributed by atoms with E-state index < -0.39 is 35.5 Å². The Labute approximate surface area is 237 Å². The van der Waals surface area contributed by atoms with E-state index in [4.69, 9.17) is 4.74 Å². The third kappa shape index (κ3) is 6.02. The van der Waals surface area contributed by atoms with E-state index in [-0.39, 0.29) is 28.1 Å². The molecule has 0 radical (unpaired) electrons. The third-order valence-electron chi connectivity index (χ3n) is 6.76. The Morgan fingerprint density at radius 2 is 1.68 bits per heavy atom. The second kappa shape index (κ2) is 11.0. The number of benzene rings is 2. The monoisotopic (exact) mass is 586 g/mol. The summed E-state index contributed by atoms with van der Waals surface area (Å²) in [4.78, 5) is 17.4. The van der Waals surface area contributed by atoms with Crippen LogP contribution in [0.25, 0.3) is 22.2 Å². The number of carbonyl (C=O) groups is 1. The van der Waals surface area contributed by atoms with Gasteiger partial charge in [-0.15, -0.1) is 14.3 Å². The number of nitrogens with one attached hydrogen (secondary N) is 1. The summed E-state index contributed by atoms with van der Waals surface area (Å²) < 4.78 is 49.3. The van der Waals surface area contributed by atoms with Crippen LogP contribution in [0.15, 0.2) is 48.5 Å². The molecule has 0 aliphatic carbocycles. The first-order chi connectivity index (χ1) is 19.0. The van der Waals surface area contributed by atoms with E-state index in [1.165, 1.54) is 46.1 Å². The molecule has 3 N–H and O–H groups in total. The zero-order chi connectivity index (χ0) is 30.3. The maximum Gasteiger partial charge on any atom is 0.424 e. The molecule has 8 nitrogen and oxygen atoms in total. The van der Waals surface area contributed by atoms with Gasteiger partial charge in [0.15, 0.2) is 0 Å². The molecule has 1 amide bonds. The molecule has 0 bridgehead atoms. The highest BCUT2D eigenvalue weighted by Crippen LogP contribution is 2.42. The van der Waals surface area contributed by atoms with Gasteiger partial charge in [0.1, 0.15) is 11.3 Å². The lowest BCUT2D eigenvalue weighted by atomic mass is 9.86. The number of aliphatic hydroxyl groups is 2. The molecule has 2 aromatic carbocycles. The summed E-state index contributed by atoms with van der Waals surface area (Å²) in [5.74, 6) is -0.669. The van der Waals surface area contributed by atoms with E-state index in [1.807, 2.05) is 0 Å². The normalized spacial score (nSPS) is 13.6. The molecule has 0 aliphatic heterocycles. The highest BCUT2D eigenvalue weighted by Gasteiger charge is 2.57. The SMILES string of the molecule is COc1cc(C(=O)NCC(O)(c2nc(-c3ccc(P)cc3)cc(C(C)(C)O)c2C)C(F)(F)F)cc2cc(C)nnc12. The third-order valence-corrected chi connectivity index (χ3v) is 7.15. The van der Waals surface area contributed by atoms with Crippen LogP contribution in [0.1, 0.15) is 46.7 Å². The summed E-state index contributed by atoms with van der Waals surface area (Å²) in [6.07, 6.45) is -5.24. The average Bonchev–Trinajstić information content (AvgIpc) is 2.89. The summed E-state index contributed by atoms with van der Waals surface area (Å²) in [7, 11) is 3.88. The van der Waals surface area contributed by atoms with Crippen LogP contribution < -0.4 is 15.4 Å². The maximum atomic E-state index is 14.7. The minimum atomic E-state index is -5.24. The molecule has 216 valence electrons. The van der Waals surface area contributed by atoms with E-state index in [2.05, 4.69) is 29.7 Å². The number of hydrogen-bond acceptors (Lipinski definition) is 7. The maximum absolute atomic E-state index is 14.7. The zero-order valence-corrected chi connectivity index (χ0v) is 24.2. The topological polar surface area (TPSA) is 117 Å². The van der Waals surface area contributed by atoms with Gasteiger partial charge in [0, 0.05) is 16.5 Å². The summed E-state index contributed by atoms with van der Waals surface area (Å²) in [5, 5.41) is 33.7. The molecule has 0 saturated heterocycles. The van der Waals surface area contributed by atoms with Gasteiger partial charge in [-0.25, -0.2) is 4.98 Å². The van der Waals surface area contributed by atoms with Crippen molar-refractivity contribution < 1.29 is 32.9 Å². The number of hydrogen-bond donors (Lipinski definition) is 3. The van der Waals surface area contributed by atoms with Crippen molar-refractivity contribution in [1.82, 2.24) is 20.5 Å². The van der Waals surface area contributed by atoms with E-state index in [0.29, 0.717) is 22.2 Å². The van der Waals surface area contributed by atoms with Crippen LogP contribution in [0.4, 0.5) is 13.2 Å². The Morgan fingerprint density at radius 1 is 1.02 bits per heavy atom. The predicted molar refractivity (Wildman–Crippen MR) is 152 cm³/mol. The summed E-state index contributed by atoms with van der Waals surface area (Å²) >= 11 is 0. The molecule has 2 heterocycles. The van der Waals surface area contributed by atoms with Crippen molar-refractivity contribution in [1.29, 1.82) is 0 Å². The summed E-state index contributed by atoms with van der Waals surface area (Å²) in [6, 6.07) is 12.8. The number of carbonyl (C=O) groups excluding carboxylic acids is 1. The molecular weight excluding hydrogens is 556 g/mol. The van der Waals surface area contributed by atoms with Crippen molar-refractivity contribution >= 4 is 31.4 Å². The first-order valence-corrected chi connectivity index (χ1v) is 13.1. The minimum Gasteiger partial charge on any atom is -0.494 e. The molecule has 4 aromatic rings. The number of ether oxygens (including phenoxy) is 1. The van der Waals surface area contributed by atoms with Crippen LogP contribution in [0.3, 0.4) is 0 Å². The number of aryl methyl sites for hydroxylation is 1. The lowest BCUT2D eigenvalue weighted by Crippen LogP contribution is -2.52. The molecule has 4 rings (SSSR count). The fraction of sp³-hybridized carbons (Fsp3) is 0.310. The molecule has 0 spiro atoms. The Kier molecular flexibility index (Phi) is 8.10. The highest BCUT2D eigenvalue weighted by atomic mass is 31.0. The Balaban J connectivity index is 1.80. The van der Waals surface area contributed by atoms with Crippen molar-refractivity contribution in [3.05, 3.63) is 76.6 Å². The van der Waals surface area contributed by atoms with Gasteiger partial charge in [-0.1, -0.05) is 24.3 Å². The van der Waals surface area contributed by atoms with Crippen molar-refractivity contribution in [2.75, 3.05) is 13.7 Å². The number of alkyl halides is 3. The number of rotatable bonds is 7.